The standard InChI is InChI=1S/C20H26N4O4S/c1-20(2,3)28-17(26)7-9-22-16(25)6-8-23-19(27)15-11-13-10-12(18(21)29)4-5-14(13)24-15/h4-5,10-11,24H,6-9H2,1-3H3,(H2,21,29)(H,22,25)(H,23,27). The SMILES string of the molecule is CC(C)(C)OC(=O)CCNC(=O)CCNC(=O)c1cc2cc(C(N)=S)ccc2[nH]1. The number of amides is 2. The Bertz CT molecular complexity index is 930. The molecule has 0 aliphatic rings. The van der Waals surface area contributed by atoms with Crippen LogP contribution in [0.15, 0.2) is 24.3 Å². The summed E-state index contributed by atoms with van der Waals surface area (Å²) in [6.07, 6.45) is 0.199. The van der Waals surface area contributed by atoms with Crippen LogP contribution in [0.1, 0.15) is 49.7 Å². The molecule has 9 heteroatoms. The third-order valence-electron chi connectivity index (χ3n) is 3.86. The zero-order valence-corrected chi connectivity index (χ0v) is 17.6. The van der Waals surface area contributed by atoms with Crippen molar-refractivity contribution in [1.82, 2.24) is 15.6 Å². The zero-order valence-electron chi connectivity index (χ0n) is 16.8. The summed E-state index contributed by atoms with van der Waals surface area (Å²) in [4.78, 5) is 39.0. The quantitative estimate of drug-likeness (QED) is 0.382. The molecule has 0 aliphatic heterocycles. The number of H-pyrrole nitrogens is 1. The molecule has 156 valence electrons. The van der Waals surface area contributed by atoms with Gasteiger partial charge in [-0.25, -0.2) is 0 Å². The lowest BCUT2D eigenvalue weighted by Gasteiger charge is -2.19. The Morgan fingerprint density at radius 1 is 1.10 bits per heavy atom. The number of rotatable bonds is 8. The number of carbonyl (C=O) groups excluding carboxylic acids is 3. The Kier molecular flexibility index (Phi) is 7.33. The number of aromatic nitrogens is 1. The number of nitrogens with one attached hydrogen (secondary N) is 3. The number of nitrogens with two attached hydrogens (primary N) is 1. The maximum Gasteiger partial charge on any atom is 0.308 e. The van der Waals surface area contributed by atoms with Crippen molar-refractivity contribution in [2.24, 2.45) is 5.73 Å². The molecule has 1 aromatic carbocycles. The van der Waals surface area contributed by atoms with Crippen LogP contribution >= 0.6 is 12.2 Å². The number of hydrogen-bond acceptors (Lipinski definition) is 5. The number of thiocarbonyl (C=S) groups is 1. The van der Waals surface area contributed by atoms with Gasteiger partial charge in [-0.1, -0.05) is 12.2 Å². The highest BCUT2D eigenvalue weighted by Gasteiger charge is 2.16. The van der Waals surface area contributed by atoms with Crippen LogP contribution in [-0.2, 0) is 14.3 Å². The Morgan fingerprint density at radius 2 is 1.79 bits per heavy atom. The minimum Gasteiger partial charge on any atom is -0.460 e. The van der Waals surface area contributed by atoms with E-state index in [-0.39, 0.29) is 48.7 Å². The van der Waals surface area contributed by atoms with Gasteiger partial charge in [-0.3, -0.25) is 14.4 Å². The zero-order chi connectivity index (χ0) is 21.6. The lowest BCUT2D eigenvalue weighted by Crippen LogP contribution is -2.32. The van der Waals surface area contributed by atoms with E-state index in [9.17, 15) is 14.4 Å². The van der Waals surface area contributed by atoms with Gasteiger partial charge in [-0.05, 0) is 45.0 Å². The van der Waals surface area contributed by atoms with Gasteiger partial charge in [-0.15, -0.1) is 0 Å². The third kappa shape index (κ3) is 7.19. The van der Waals surface area contributed by atoms with Gasteiger partial charge < -0.3 is 26.1 Å². The molecule has 0 spiro atoms. The predicted octanol–water partition coefficient (Wildman–Crippen LogP) is 1.77. The molecule has 0 radical (unpaired) electrons. The van der Waals surface area contributed by atoms with E-state index in [0.717, 1.165) is 16.5 Å². The lowest BCUT2D eigenvalue weighted by molar-refractivity contribution is -0.154. The molecule has 0 saturated heterocycles. The topological polar surface area (TPSA) is 126 Å². The van der Waals surface area contributed by atoms with Crippen molar-refractivity contribution in [3.63, 3.8) is 0 Å². The molecule has 0 saturated carbocycles. The smallest absolute Gasteiger partial charge is 0.308 e. The van der Waals surface area contributed by atoms with Crippen molar-refractivity contribution in [2.75, 3.05) is 13.1 Å². The maximum atomic E-state index is 12.3. The highest BCUT2D eigenvalue weighted by molar-refractivity contribution is 7.80. The van der Waals surface area contributed by atoms with Gasteiger partial charge in [0.1, 0.15) is 16.3 Å². The molecule has 1 heterocycles. The summed E-state index contributed by atoms with van der Waals surface area (Å²) in [7, 11) is 0. The average molecular weight is 419 g/mol. The van der Waals surface area contributed by atoms with Crippen molar-refractivity contribution >= 4 is 45.9 Å². The second-order valence-corrected chi connectivity index (χ2v) is 7.98. The van der Waals surface area contributed by atoms with Crippen LogP contribution in [-0.4, -0.2) is 46.4 Å². The van der Waals surface area contributed by atoms with E-state index in [1.807, 2.05) is 6.07 Å². The molecule has 2 rings (SSSR count). The minimum absolute atomic E-state index is 0.0959. The second-order valence-electron chi connectivity index (χ2n) is 7.54. The van der Waals surface area contributed by atoms with E-state index in [1.54, 1.807) is 39.0 Å². The van der Waals surface area contributed by atoms with E-state index in [0.29, 0.717) is 5.69 Å². The van der Waals surface area contributed by atoms with Crippen LogP contribution in [0, 0.1) is 0 Å². The lowest BCUT2D eigenvalue weighted by atomic mass is 10.1. The number of benzene rings is 1. The third-order valence-corrected chi connectivity index (χ3v) is 4.09. The van der Waals surface area contributed by atoms with Crippen molar-refractivity contribution in [3.8, 4) is 0 Å². The molecule has 2 amide bonds. The van der Waals surface area contributed by atoms with Gasteiger partial charge in [0, 0.05) is 36.0 Å². The molecule has 0 atom stereocenters. The fourth-order valence-electron chi connectivity index (χ4n) is 2.58. The first-order valence-electron chi connectivity index (χ1n) is 9.24. The van der Waals surface area contributed by atoms with Crippen molar-refractivity contribution in [1.29, 1.82) is 0 Å². The van der Waals surface area contributed by atoms with Gasteiger partial charge in [0.05, 0.1) is 6.42 Å². The van der Waals surface area contributed by atoms with Crippen LogP contribution in [0.25, 0.3) is 10.9 Å². The van der Waals surface area contributed by atoms with Gasteiger partial charge in [0.2, 0.25) is 5.91 Å². The summed E-state index contributed by atoms with van der Waals surface area (Å²) in [5.41, 5.74) is 6.96. The van der Waals surface area contributed by atoms with Crippen molar-refractivity contribution < 1.29 is 19.1 Å². The molecule has 1 aromatic heterocycles. The molecule has 29 heavy (non-hydrogen) atoms. The molecular formula is C20H26N4O4S. The number of carbonyl (C=O) groups is 3. The predicted molar refractivity (Wildman–Crippen MR) is 115 cm³/mol. The van der Waals surface area contributed by atoms with Crippen LogP contribution in [0.4, 0.5) is 0 Å². The largest absolute Gasteiger partial charge is 0.460 e. The maximum absolute atomic E-state index is 12.3. The summed E-state index contributed by atoms with van der Waals surface area (Å²) < 4.78 is 5.16. The van der Waals surface area contributed by atoms with E-state index >= 15 is 0 Å². The summed E-state index contributed by atoms with van der Waals surface area (Å²) in [5.74, 6) is -0.949. The Hall–Kier alpha value is -2.94. The number of ether oxygens (including phenoxy) is 1. The molecule has 2 aromatic rings. The van der Waals surface area contributed by atoms with Crippen LogP contribution in [0.5, 0.6) is 0 Å². The monoisotopic (exact) mass is 418 g/mol. The van der Waals surface area contributed by atoms with Crippen molar-refractivity contribution in [3.05, 3.63) is 35.5 Å². The number of aromatic amines is 1. The number of esters is 1. The van der Waals surface area contributed by atoms with Crippen LogP contribution < -0.4 is 16.4 Å². The van der Waals surface area contributed by atoms with E-state index in [1.165, 1.54) is 0 Å². The Balaban J connectivity index is 1.75. The molecule has 0 fully saturated rings. The molecule has 8 nitrogen and oxygen atoms in total. The average Bonchev–Trinajstić information content (AvgIpc) is 3.03. The molecule has 0 unspecified atom stereocenters. The van der Waals surface area contributed by atoms with Gasteiger partial charge in [-0.2, -0.15) is 0 Å². The molecule has 5 N–H and O–H groups in total. The summed E-state index contributed by atoms with van der Waals surface area (Å²) >= 11 is 4.96. The number of fused-ring (bicyclic) bond motifs is 1. The Labute approximate surface area is 174 Å². The van der Waals surface area contributed by atoms with Gasteiger partial charge in [0.25, 0.3) is 5.91 Å². The summed E-state index contributed by atoms with van der Waals surface area (Å²) in [5, 5.41) is 6.13. The van der Waals surface area contributed by atoms with Gasteiger partial charge in [0.15, 0.2) is 0 Å². The molecular weight excluding hydrogens is 392 g/mol. The van der Waals surface area contributed by atoms with E-state index in [2.05, 4.69) is 15.6 Å². The summed E-state index contributed by atoms with van der Waals surface area (Å²) in [6.45, 7) is 5.71. The fraction of sp³-hybridized carbons (Fsp3) is 0.400. The molecule has 0 bridgehead atoms. The normalized spacial score (nSPS) is 11.1. The second kappa shape index (κ2) is 9.51. The number of hydrogen-bond donors (Lipinski definition) is 4. The fourth-order valence-corrected chi connectivity index (χ4v) is 2.70. The highest BCUT2D eigenvalue weighted by atomic mass is 32.1. The highest BCUT2D eigenvalue weighted by Crippen LogP contribution is 2.17. The van der Waals surface area contributed by atoms with E-state index < -0.39 is 5.60 Å². The van der Waals surface area contributed by atoms with Crippen LogP contribution in [0.2, 0.25) is 0 Å². The molecule has 0 aliphatic carbocycles. The van der Waals surface area contributed by atoms with Crippen LogP contribution in [0.3, 0.4) is 0 Å². The first-order chi connectivity index (χ1) is 13.5. The van der Waals surface area contributed by atoms with Crippen molar-refractivity contribution in [2.45, 2.75) is 39.2 Å². The summed E-state index contributed by atoms with van der Waals surface area (Å²) in [6, 6.07) is 7.10. The van der Waals surface area contributed by atoms with E-state index in [4.69, 9.17) is 22.7 Å². The minimum atomic E-state index is -0.550. The Morgan fingerprint density at radius 3 is 2.45 bits per heavy atom. The first-order valence-corrected chi connectivity index (χ1v) is 9.65. The first kappa shape index (κ1) is 22.4. The van der Waals surface area contributed by atoms with Gasteiger partial charge >= 0.3 is 5.97 Å².